The smallest absolute Gasteiger partial charge is 0.246 e. The largest absolute Gasteiger partial charge is 0.491 e. The van der Waals surface area contributed by atoms with E-state index >= 15 is 0 Å². The van der Waals surface area contributed by atoms with E-state index < -0.39 is 0 Å². The molecule has 0 heterocycles. The number of rotatable bonds is 7. The molecular weight excluding hydrogens is 304 g/mol. The number of halogens is 1. The highest BCUT2D eigenvalue weighted by atomic mass is 35.5. The van der Waals surface area contributed by atoms with Gasteiger partial charge in [0, 0.05) is 12.1 Å². The van der Waals surface area contributed by atoms with Crippen molar-refractivity contribution in [1.82, 2.24) is 5.32 Å². The second kappa shape index (κ2) is 10.4. The van der Waals surface area contributed by atoms with Crippen molar-refractivity contribution < 1.29 is 14.3 Å². The summed E-state index contributed by atoms with van der Waals surface area (Å²) < 4.78 is 10.8. The number of hydrogen-bond donors (Lipinski definition) is 2. The summed E-state index contributed by atoms with van der Waals surface area (Å²) in [4.78, 5) is 11.7. The van der Waals surface area contributed by atoms with Crippen LogP contribution in [-0.4, -0.2) is 37.8 Å². The normalized spacial score (nSPS) is 20.8. The molecule has 22 heavy (non-hydrogen) atoms. The van der Waals surface area contributed by atoms with Crippen molar-refractivity contribution in [3.8, 4) is 5.75 Å². The molecule has 1 aromatic carbocycles. The minimum Gasteiger partial charge on any atom is -0.491 e. The number of carbonyl (C=O) groups excluding carboxylic acids is 1. The zero-order valence-corrected chi connectivity index (χ0v) is 13.5. The Morgan fingerprint density at radius 3 is 2.50 bits per heavy atom. The standard InChI is InChI=1S/C16H24N2O3.ClH/c17-13-6-8-14(9-7-13)18-16(19)12-20-10-11-21-15-4-2-1-3-5-15;/h1-5,13-14H,6-12,17H2,(H,18,19);1H. The molecular formula is C16H25ClN2O3. The van der Waals surface area contributed by atoms with Crippen molar-refractivity contribution in [2.45, 2.75) is 37.8 Å². The van der Waals surface area contributed by atoms with Gasteiger partial charge in [0.15, 0.2) is 0 Å². The van der Waals surface area contributed by atoms with Gasteiger partial charge in [-0.3, -0.25) is 4.79 Å². The maximum atomic E-state index is 11.7. The molecule has 2 rings (SSSR count). The topological polar surface area (TPSA) is 73.6 Å². The van der Waals surface area contributed by atoms with Gasteiger partial charge in [0.05, 0.1) is 6.61 Å². The SMILES string of the molecule is Cl.NC1CCC(NC(=O)COCCOc2ccccc2)CC1. The van der Waals surface area contributed by atoms with E-state index in [9.17, 15) is 4.79 Å². The van der Waals surface area contributed by atoms with Gasteiger partial charge in [0.2, 0.25) is 5.91 Å². The molecule has 1 aliphatic carbocycles. The van der Waals surface area contributed by atoms with E-state index in [1.165, 1.54) is 0 Å². The first kappa shape index (κ1) is 18.7. The molecule has 0 bridgehead atoms. The highest BCUT2D eigenvalue weighted by Gasteiger charge is 2.19. The first-order valence-corrected chi connectivity index (χ1v) is 7.54. The summed E-state index contributed by atoms with van der Waals surface area (Å²) in [6, 6.07) is 10.1. The fourth-order valence-electron chi connectivity index (χ4n) is 2.43. The highest BCUT2D eigenvalue weighted by Crippen LogP contribution is 2.16. The summed E-state index contributed by atoms with van der Waals surface area (Å²) in [5.74, 6) is 0.749. The molecule has 0 unspecified atom stereocenters. The summed E-state index contributed by atoms with van der Waals surface area (Å²) in [5.41, 5.74) is 5.84. The molecule has 0 spiro atoms. The Labute approximate surface area is 138 Å². The van der Waals surface area contributed by atoms with Crippen LogP contribution in [0.4, 0.5) is 0 Å². The van der Waals surface area contributed by atoms with E-state index in [1.54, 1.807) is 0 Å². The van der Waals surface area contributed by atoms with Crippen LogP contribution in [0, 0.1) is 0 Å². The maximum Gasteiger partial charge on any atom is 0.246 e. The van der Waals surface area contributed by atoms with Crippen molar-refractivity contribution in [3.05, 3.63) is 30.3 Å². The average Bonchev–Trinajstić information content (AvgIpc) is 2.50. The van der Waals surface area contributed by atoms with Crippen molar-refractivity contribution >= 4 is 18.3 Å². The molecule has 124 valence electrons. The number of amides is 1. The van der Waals surface area contributed by atoms with Crippen molar-refractivity contribution in [3.63, 3.8) is 0 Å². The third-order valence-electron chi connectivity index (χ3n) is 3.61. The molecule has 0 aromatic heterocycles. The number of nitrogens with one attached hydrogen (secondary N) is 1. The molecule has 1 fully saturated rings. The van der Waals surface area contributed by atoms with Gasteiger partial charge in [-0.1, -0.05) is 18.2 Å². The zero-order chi connectivity index (χ0) is 14.9. The van der Waals surface area contributed by atoms with Gasteiger partial charge in [0.1, 0.15) is 19.0 Å². The number of hydrogen-bond acceptors (Lipinski definition) is 4. The maximum absolute atomic E-state index is 11.7. The summed E-state index contributed by atoms with van der Waals surface area (Å²) >= 11 is 0. The van der Waals surface area contributed by atoms with Crippen LogP contribution in [0.5, 0.6) is 5.75 Å². The molecule has 1 aliphatic rings. The lowest BCUT2D eigenvalue weighted by atomic mass is 9.92. The third-order valence-corrected chi connectivity index (χ3v) is 3.61. The molecule has 3 N–H and O–H groups in total. The predicted octanol–water partition coefficient (Wildman–Crippen LogP) is 1.89. The molecule has 6 heteroatoms. The Kier molecular flexibility index (Phi) is 8.89. The van der Waals surface area contributed by atoms with Crippen molar-refractivity contribution in [1.29, 1.82) is 0 Å². The first-order valence-electron chi connectivity index (χ1n) is 7.54. The number of para-hydroxylation sites is 1. The number of ether oxygens (including phenoxy) is 2. The van der Waals surface area contributed by atoms with E-state index in [4.69, 9.17) is 15.2 Å². The van der Waals surface area contributed by atoms with Crippen LogP contribution >= 0.6 is 12.4 Å². The molecule has 5 nitrogen and oxygen atoms in total. The van der Waals surface area contributed by atoms with Gasteiger partial charge in [-0.15, -0.1) is 12.4 Å². The molecule has 0 atom stereocenters. The average molecular weight is 329 g/mol. The van der Waals surface area contributed by atoms with Gasteiger partial charge in [0.25, 0.3) is 0 Å². The third kappa shape index (κ3) is 7.11. The minimum atomic E-state index is -0.0600. The van der Waals surface area contributed by atoms with E-state index in [0.29, 0.717) is 19.3 Å². The molecule has 1 aromatic rings. The second-order valence-electron chi connectivity index (χ2n) is 5.39. The summed E-state index contributed by atoms with van der Waals surface area (Å²) in [5, 5.41) is 2.99. The molecule has 0 saturated heterocycles. The first-order chi connectivity index (χ1) is 10.2. The summed E-state index contributed by atoms with van der Waals surface area (Å²) in [6.45, 7) is 0.925. The Morgan fingerprint density at radius 1 is 1.14 bits per heavy atom. The van der Waals surface area contributed by atoms with Crippen LogP contribution in [0.15, 0.2) is 30.3 Å². The number of carbonyl (C=O) groups is 1. The number of benzene rings is 1. The highest BCUT2D eigenvalue weighted by molar-refractivity contribution is 5.85. The van der Waals surface area contributed by atoms with Gasteiger partial charge >= 0.3 is 0 Å². The fraction of sp³-hybridized carbons (Fsp3) is 0.562. The van der Waals surface area contributed by atoms with Crippen molar-refractivity contribution in [2.75, 3.05) is 19.8 Å². The van der Waals surface area contributed by atoms with E-state index in [-0.39, 0.29) is 31.0 Å². The van der Waals surface area contributed by atoms with Crippen LogP contribution in [0.25, 0.3) is 0 Å². The monoisotopic (exact) mass is 328 g/mol. The van der Waals surface area contributed by atoms with E-state index in [1.807, 2.05) is 30.3 Å². The molecule has 0 aliphatic heterocycles. The van der Waals surface area contributed by atoms with Crippen LogP contribution in [0.2, 0.25) is 0 Å². The van der Waals surface area contributed by atoms with E-state index in [0.717, 1.165) is 31.4 Å². The summed E-state index contributed by atoms with van der Waals surface area (Å²) in [7, 11) is 0. The van der Waals surface area contributed by atoms with Gasteiger partial charge < -0.3 is 20.5 Å². The van der Waals surface area contributed by atoms with Crippen LogP contribution < -0.4 is 15.8 Å². The Hall–Kier alpha value is -1.30. The summed E-state index contributed by atoms with van der Waals surface area (Å²) in [6.07, 6.45) is 3.89. The molecule has 0 radical (unpaired) electrons. The predicted molar refractivity (Wildman–Crippen MR) is 88.4 cm³/mol. The van der Waals surface area contributed by atoms with Crippen molar-refractivity contribution in [2.24, 2.45) is 5.73 Å². The van der Waals surface area contributed by atoms with Crippen LogP contribution in [-0.2, 0) is 9.53 Å². The van der Waals surface area contributed by atoms with Crippen LogP contribution in [0.1, 0.15) is 25.7 Å². The van der Waals surface area contributed by atoms with Gasteiger partial charge in [-0.2, -0.15) is 0 Å². The minimum absolute atomic E-state index is 0. The van der Waals surface area contributed by atoms with Gasteiger partial charge in [-0.05, 0) is 37.8 Å². The van der Waals surface area contributed by atoms with Gasteiger partial charge in [-0.25, -0.2) is 0 Å². The molecule has 1 saturated carbocycles. The molecule has 1 amide bonds. The quantitative estimate of drug-likeness (QED) is 0.750. The number of nitrogens with two attached hydrogens (primary N) is 1. The zero-order valence-electron chi connectivity index (χ0n) is 12.7. The second-order valence-corrected chi connectivity index (χ2v) is 5.39. The Bertz CT molecular complexity index is 423. The lowest BCUT2D eigenvalue weighted by molar-refractivity contribution is -0.126. The Balaban J connectivity index is 0.00000242. The fourth-order valence-corrected chi connectivity index (χ4v) is 2.43. The van der Waals surface area contributed by atoms with Crippen LogP contribution in [0.3, 0.4) is 0 Å². The lowest BCUT2D eigenvalue weighted by Crippen LogP contribution is -2.42. The Morgan fingerprint density at radius 2 is 1.82 bits per heavy atom. The van der Waals surface area contributed by atoms with E-state index in [2.05, 4.69) is 5.32 Å². The lowest BCUT2D eigenvalue weighted by Gasteiger charge is -2.26.